The lowest BCUT2D eigenvalue weighted by Gasteiger charge is -2.36. The van der Waals surface area contributed by atoms with Crippen LogP contribution < -0.4 is 5.73 Å². The van der Waals surface area contributed by atoms with Crippen LogP contribution in [0.3, 0.4) is 0 Å². The average molecular weight is 285 g/mol. The van der Waals surface area contributed by atoms with Gasteiger partial charge in [0, 0.05) is 19.1 Å². The molecular formula is C14H21ClN2O2. The number of carbonyl (C=O) groups excluding carboxylic acids is 1. The van der Waals surface area contributed by atoms with E-state index >= 15 is 0 Å². The number of rotatable bonds is 2. The number of aliphatic hydroxyl groups is 1. The third-order valence-electron chi connectivity index (χ3n) is 3.63. The van der Waals surface area contributed by atoms with E-state index in [0.717, 1.165) is 6.42 Å². The molecule has 0 spiro atoms. The third kappa shape index (κ3) is 3.69. The van der Waals surface area contributed by atoms with Gasteiger partial charge in [-0.2, -0.15) is 0 Å². The highest BCUT2D eigenvalue weighted by Gasteiger charge is 2.30. The van der Waals surface area contributed by atoms with Crippen molar-refractivity contribution in [3.05, 3.63) is 35.9 Å². The number of aliphatic hydroxyl groups excluding tert-OH is 1. The number of benzene rings is 1. The molecule has 0 aliphatic carbocycles. The van der Waals surface area contributed by atoms with Crippen molar-refractivity contribution in [2.75, 3.05) is 13.1 Å². The fourth-order valence-electron chi connectivity index (χ4n) is 2.31. The number of nitrogens with two attached hydrogens (primary N) is 1. The number of likely N-dealkylation sites (tertiary alicyclic amines) is 1. The Labute approximate surface area is 120 Å². The summed E-state index contributed by atoms with van der Waals surface area (Å²) < 4.78 is 0. The van der Waals surface area contributed by atoms with Crippen molar-refractivity contribution < 1.29 is 9.90 Å². The predicted octanol–water partition coefficient (Wildman–Crippen LogP) is 1.34. The number of piperidine rings is 1. The van der Waals surface area contributed by atoms with Crippen molar-refractivity contribution in [1.29, 1.82) is 0 Å². The Morgan fingerprint density at radius 3 is 2.63 bits per heavy atom. The van der Waals surface area contributed by atoms with Gasteiger partial charge in [-0.3, -0.25) is 4.79 Å². The zero-order valence-electron chi connectivity index (χ0n) is 11.0. The molecule has 19 heavy (non-hydrogen) atoms. The monoisotopic (exact) mass is 284 g/mol. The van der Waals surface area contributed by atoms with E-state index in [2.05, 4.69) is 0 Å². The lowest BCUT2D eigenvalue weighted by atomic mass is 9.94. The maximum Gasteiger partial charge on any atom is 0.256 e. The summed E-state index contributed by atoms with van der Waals surface area (Å²) in [7, 11) is 0. The minimum atomic E-state index is -1.06. The van der Waals surface area contributed by atoms with Crippen molar-refractivity contribution in [2.45, 2.75) is 25.5 Å². The van der Waals surface area contributed by atoms with Crippen LogP contribution in [0.25, 0.3) is 0 Å². The Hall–Kier alpha value is -1.10. The lowest BCUT2D eigenvalue weighted by molar-refractivity contribution is -0.142. The second-order valence-corrected chi connectivity index (χ2v) is 5.03. The van der Waals surface area contributed by atoms with E-state index in [0.29, 0.717) is 18.7 Å². The molecular weight excluding hydrogens is 264 g/mol. The van der Waals surface area contributed by atoms with Gasteiger partial charge in [-0.25, -0.2) is 0 Å². The van der Waals surface area contributed by atoms with Crippen LogP contribution in [0.2, 0.25) is 0 Å². The summed E-state index contributed by atoms with van der Waals surface area (Å²) >= 11 is 0. The van der Waals surface area contributed by atoms with Crippen LogP contribution in [0.4, 0.5) is 0 Å². The summed E-state index contributed by atoms with van der Waals surface area (Å²) in [6.45, 7) is 3.30. The van der Waals surface area contributed by atoms with Crippen molar-refractivity contribution in [3.63, 3.8) is 0 Å². The molecule has 0 bridgehead atoms. The fourth-order valence-corrected chi connectivity index (χ4v) is 2.31. The number of carbonyl (C=O) groups is 1. The molecule has 1 amide bonds. The van der Waals surface area contributed by atoms with Crippen molar-refractivity contribution in [1.82, 2.24) is 4.90 Å². The van der Waals surface area contributed by atoms with E-state index in [-0.39, 0.29) is 30.3 Å². The van der Waals surface area contributed by atoms with E-state index < -0.39 is 6.10 Å². The van der Waals surface area contributed by atoms with E-state index in [1.54, 1.807) is 17.0 Å². The Bertz CT molecular complexity index is 413. The molecule has 0 saturated carbocycles. The first-order valence-electron chi connectivity index (χ1n) is 6.37. The van der Waals surface area contributed by atoms with Gasteiger partial charge in [0.25, 0.3) is 5.91 Å². The molecule has 1 aromatic rings. The number of halogens is 1. The van der Waals surface area contributed by atoms with Crippen molar-refractivity contribution in [3.8, 4) is 0 Å². The first-order chi connectivity index (χ1) is 8.59. The quantitative estimate of drug-likeness (QED) is 0.861. The standard InChI is InChI=1S/C14H20N2O2.ClH/c1-10-9-16(8-7-12(10)15)14(18)13(17)11-5-3-2-4-6-11;/h2-6,10,12-13,17H,7-9,15H2,1H3;1H. The first-order valence-corrected chi connectivity index (χ1v) is 6.37. The molecule has 2 rings (SSSR count). The molecule has 0 radical (unpaired) electrons. The van der Waals surface area contributed by atoms with E-state index in [1.165, 1.54) is 0 Å². The number of hydrogen-bond acceptors (Lipinski definition) is 3. The molecule has 1 saturated heterocycles. The fraction of sp³-hybridized carbons (Fsp3) is 0.500. The third-order valence-corrected chi connectivity index (χ3v) is 3.63. The highest BCUT2D eigenvalue weighted by atomic mass is 35.5. The van der Waals surface area contributed by atoms with Crippen LogP contribution >= 0.6 is 12.4 Å². The second kappa shape index (κ2) is 6.89. The van der Waals surface area contributed by atoms with Crippen LogP contribution in [-0.4, -0.2) is 35.0 Å². The maximum atomic E-state index is 12.2. The smallest absolute Gasteiger partial charge is 0.256 e. The van der Waals surface area contributed by atoms with Gasteiger partial charge in [-0.05, 0) is 17.9 Å². The lowest BCUT2D eigenvalue weighted by Crippen LogP contribution is -2.49. The maximum absolute atomic E-state index is 12.2. The Kier molecular flexibility index (Phi) is 5.79. The number of nitrogens with zero attached hydrogens (tertiary/aromatic N) is 1. The van der Waals surface area contributed by atoms with Gasteiger partial charge in [-0.1, -0.05) is 37.3 Å². The highest BCUT2D eigenvalue weighted by Crippen LogP contribution is 2.20. The van der Waals surface area contributed by atoms with Crippen LogP contribution in [0.5, 0.6) is 0 Å². The van der Waals surface area contributed by atoms with E-state index in [1.807, 2.05) is 25.1 Å². The summed E-state index contributed by atoms with van der Waals surface area (Å²) in [6.07, 6.45) is -0.262. The van der Waals surface area contributed by atoms with Crippen molar-refractivity contribution >= 4 is 18.3 Å². The Morgan fingerprint density at radius 1 is 1.42 bits per heavy atom. The molecule has 1 aliphatic heterocycles. The van der Waals surface area contributed by atoms with Gasteiger partial charge in [0.1, 0.15) is 0 Å². The van der Waals surface area contributed by atoms with E-state index in [9.17, 15) is 9.90 Å². The summed E-state index contributed by atoms with van der Waals surface area (Å²) in [4.78, 5) is 13.9. The van der Waals surface area contributed by atoms with Crippen LogP contribution in [0, 0.1) is 5.92 Å². The number of amides is 1. The summed E-state index contributed by atoms with van der Waals surface area (Å²) in [5, 5.41) is 10.1. The second-order valence-electron chi connectivity index (χ2n) is 5.03. The van der Waals surface area contributed by atoms with Crippen LogP contribution in [-0.2, 0) is 4.79 Å². The number of hydrogen-bond donors (Lipinski definition) is 2. The van der Waals surface area contributed by atoms with Gasteiger partial charge in [-0.15, -0.1) is 12.4 Å². The first kappa shape index (κ1) is 16.0. The van der Waals surface area contributed by atoms with E-state index in [4.69, 9.17) is 5.73 Å². The Balaban J connectivity index is 0.00000180. The van der Waals surface area contributed by atoms with Gasteiger partial charge >= 0.3 is 0 Å². The molecule has 5 heteroatoms. The van der Waals surface area contributed by atoms with Gasteiger partial charge in [0.05, 0.1) is 0 Å². The molecule has 4 nitrogen and oxygen atoms in total. The summed E-state index contributed by atoms with van der Waals surface area (Å²) in [5.41, 5.74) is 6.57. The van der Waals surface area contributed by atoms with Crippen molar-refractivity contribution in [2.24, 2.45) is 11.7 Å². The summed E-state index contributed by atoms with van der Waals surface area (Å²) in [6, 6.07) is 9.19. The largest absolute Gasteiger partial charge is 0.378 e. The van der Waals surface area contributed by atoms with Gasteiger partial charge in [0.2, 0.25) is 0 Å². The molecule has 3 N–H and O–H groups in total. The topological polar surface area (TPSA) is 66.6 Å². The van der Waals surface area contributed by atoms with Gasteiger partial charge in [0.15, 0.2) is 6.10 Å². The highest BCUT2D eigenvalue weighted by molar-refractivity contribution is 5.85. The SMILES string of the molecule is CC1CN(C(=O)C(O)c2ccccc2)CCC1N.Cl. The zero-order chi connectivity index (χ0) is 13.1. The Morgan fingerprint density at radius 2 is 2.05 bits per heavy atom. The predicted molar refractivity (Wildman–Crippen MR) is 77.0 cm³/mol. The molecule has 1 aromatic carbocycles. The normalized spacial score (nSPS) is 24.5. The van der Waals surface area contributed by atoms with Gasteiger partial charge < -0.3 is 15.7 Å². The summed E-state index contributed by atoms with van der Waals surface area (Å²) in [5.74, 6) is 0.0608. The van der Waals surface area contributed by atoms with Crippen LogP contribution in [0.15, 0.2) is 30.3 Å². The average Bonchev–Trinajstić information content (AvgIpc) is 2.41. The molecule has 3 atom stereocenters. The molecule has 1 heterocycles. The molecule has 1 fully saturated rings. The molecule has 3 unspecified atom stereocenters. The molecule has 0 aromatic heterocycles. The minimum Gasteiger partial charge on any atom is -0.378 e. The zero-order valence-corrected chi connectivity index (χ0v) is 11.8. The molecule has 1 aliphatic rings. The molecule has 106 valence electrons. The van der Waals surface area contributed by atoms with Crippen LogP contribution in [0.1, 0.15) is 25.0 Å². The minimum absolute atomic E-state index is 0.